The Bertz CT molecular complexity index is 578. The number of nitrogens with zero attached hydrogens (tertiary/aromatic N) is 5. The van der Waals surface area contributed by atoms with Gasteiger partial charge in [-0.2, -0.15) is 10.2 Å². The average Bonchev–Trinajstić information content (AvgIpc) is 3.10. The molecular weight excluding hydrogens is 294 g/mol. The SMILES string of the molecule is BrCc1cc(-n2cccn2)nc(-n2cccn2)c1. The molecule has 90 valence electrons. The average molecular weight is 304 g/mol. The van der Waals surface area contributed by atoms with Gasteiger partial charge in [-0.05, 0) is 29.8 Å². The third-order valence-electron chi connectivity index (χ3n) is 2.49. The normalized spacial score (nSPS) is 10.7. The number of hydrogen-bond donors (Lipinski definition) is 0. The summed E-state index contributed by atoms with van der Waals surface area (Å²) in [4.78, 5) is 4.55. The molecule has 0 saturated heterocycles. The van der Waals surface area contributed by atoms with E-state index in [1.807, 2.05) is 36.7 Å². The van der Waals surface area contributed by atoms with Crippen molar-refractivity contribution in [2.75, 3.05) is 0 Å². The Labute approximate surface area is 112 Å². The first-order chi connectivity index (χ1) is 8.86. The summed E-state index contributed by atoms with van der Waals surface area (Å²) < 4.78 is 3.47. The molecule has 0 saturated carbocycles. The van der Waals surface area contributed by atoms with E-state index in [2.05, 4.69) is 31.1 Å². The van der Waals surface area contributed by atoms with Crippen molar-refractivity contribution in [3.63, 3.8) is 0 Å². The highest BCUT2D eigenvalue weighted by atomic mass is 79.9. The number of hydrogen-bond acceptors (Lipinski definition) is 3. The molecule has 0 fully saturated rings. The third kappa shape index (κ3) is 2.06. The van der Waals surface area contributed by atoms with E-state index in [-0.39, 0.29) is 0 Å². The summed E-state index contributed by atoms with van der Waals surface area (Å²) in [6, 6.07) is 7.73. The predicted molar refractivity (Wildman–Crippen MR) is 71.1 cm³/mol. The van der Waals surface area contributed by atoms with E-state index in [0.717, 1.165) is 22.5 Å². The molecule has 0 unspecified atom stereocenters. The Balaban J connectivity index is 2.13. The molecule has 6 heteroatoms. The van der Waals surface area contributed by atoms with Crippen LogP contribution in [0.15, 0.2) is 49.1 Å². The van der Waals surface area contributed by atoms with Gasteiger partial charge in [0.05, 0.1) is 0 Å². The zero-order valence-corrected chi connectivity index (χ0v) is 11.0. The highest BCUT2D eigenvalue weighted by Crippen LogP contribution is 2.15. The first kappa shape index (κ1) is 11.2. The van der Waals surface area contributed by atoms with Gasteiger partial charge < -0.3 is 0 Å². The third-order valence-corrected chi connectivity index (χ3v) is 3.14. The number of aromatic nitrogens is 5. The maximum absolute atomic E-state index is 4.55. The van der Waals surface area contributed by atoms with Gasteiger partial charge in [-0.15, -0.1) is 0 Å². The van der Waals surface area contributed by atoms with Crippen LogP contribution in [-0.2, 0) is 5.33 Å². The fourth-order valence-electron chi connectivity index (χ4n) is 1.68. The van der Waals surface area contributed by atoms with Crippen molar-refractivity contribution in [2.45, 2.75) is 5.33 Å². The Morgan fingerprint density at radius 1 is 0.944 bits per heavy atom. The van der Waals surface area contributed by atoms with Crippen LogP contribution in [0.25, 0.3) is 11.6 Å². The number of alkyl halides is 1. The molecular formula is C12H10BrN5. The fourth-order valence-corrected chi connectivity index (χ4v) is 2.00. The van der Waals surface area contributed by atoms with Gasteiger partial charge >= 0.3 is 0 Å². The molecule has 18 heavy (non-hydrogen) atoms. The summed E-state index contributed by atoms with van der Waals surface area (Å²) in [7, 11) is 0. The zero-order chi connectivity index (χ0) is 12.4. The second-order valence-corrected chi connectivity index (χ2v) is 4.29. The molecule has 0 aliphatic rings. The van der Waals surface area contributed by atoms with Gasteiger partial charge in [0.1, 0.15) is 0 Å². The van der Waals surface area contributed by atoms with Gasteiger partial charge in [-0.1, -0.05) is 15.9 Å². The number of rotatable bonds is 3. The molecule has 3 rings (SSSR count). The predicted octanol–water partition coefficient (Wildman–Crippen LogP) is 2.35. The largest absolute Gasteiger partial charge is 0.223 e. The van der Waals surface area contributed by atoms with Crippen molar-refractivity contribution in [3.05, 3.63) is 54.6 Å². The Hall–Kier alpha value is -1.95. The summed E-state index contributed by atoms with van der Waals surface area (Å²) >= 11 is 3.47. The highest BCUT2D eigenvalue weighted by molar-refractivity contribution is 9.08. The van der Waals surface area contributed by atoms with E-state index in [1.165, 1.54) is 0 Å². The topological polar surface area (TPSA) is 48.5 Å². The molecule has 3 aromatic heterocycles. The first-order valence-electron chi connectivity index (χ1n) is 5.44. The van der Waals surface area contributed by atoms with Crippen molar-refractivity contribution in [1.82, 2.24) is 24.5 Å². The van der Waals surface area contributed by atoms with Crippen LogP contribution >= 0.6 is 15.9 Å². The van der Waals surface area contributed by atoms with Gasteiger partial charge in [0.2, 0.25) is 0 Å². The monoisotopic (exact) mass is 303 g/mol. The Morgan fingerprint density at radius 3 is 1.89 bits per heavy atom. The van der Waals surface area contributed by atoms with Crippen molar-refractivity contribution < 1.29 is 0 Å². The second-order valence-electron chi connectivity index (χ2n) is 3.73. The smallest absolute Gasteiger partial charge is 0.156 e. The van der Waals surface area contributed by atoms with Crippen LogP contribution in [0.1, 0.15) is 5.56 Å². The molecule has 3 heterocycles. The van der Waals surface area contributed by atoms with Crippen LogP contribution < -0.4 is 0 Å². The number of halogens is 1. The van der Waals surface area contributed by atoms with Gasteiger partial charge in [0.15, 0.2) is 11.6 Å². The minimum Gasteiger partial charge on any atom is -0.223 e. The molecule has 0 aliphatic heterocycles. The lowest BCUT2D eigenvalue weighted by Crippen LogP contribution is -2.05. The van der Waals surface area contributed by atoms with E-state index in [4.69, 9.17) is 0 Å². The van der Waals surface area contributed by atoms with E-state index in [1.54, 1.807) is 21.8 Å². The molecule has 0 aromatic carbocycles. The van der Waals surface area contributed by atoms with Gasteiger partial charge in [-0.3, -0.25) is 0 Å². The standard InChI is InChI=1S/C12H10BrN5/c13-9-10-7-11(17-5-1-3-14-17)16-12(8-10)18-6-2-4-15-18/h1-8H,9H2. The van der Waals surface area contributed by atoms with E-state index in [9.17, 15) is 0 Å². The van der Waals surface area contributed by atoms with Crippen LogP contribution in [0.2, 0.25) is 0 Å². The van der Waals surface area contributed by atoms with Crippen molar-refractivity contribution in [2.24, 2.45) is 0 Å². The van der Waals surface area contributed by atoms with Crippen molar-refractivity contribution in [3.8, 4) is 11.6 Å². The van der Waals surface area contributed by atoms with Gasteiger partial charge in [0.25, 0.3) is 0 Å². The zero-order valence-electron chi connectivity index (χ0n) is 9.44. The minimum atomic E-state index is 0.762. The lowest BCUT2D eigenvalue weighted by Gasteiger charge is -2.07. The summed E-state index contributed by atoms with van der Waals surface area (Å²) in [5, 5.41) is 9.15. The molecule has 0 N–H and O–H groups in total. The van der Waals surface area contributed by atoms with Crippen LogP contribution in [0.5, 0.6) is 0 Å². The highest BCUT2D eigenvalue weighted by Gasteiger charge is 2.06. The van der Waals surface area contributed by atoms with Gasteiger partial charge in [0, 0.05) is 30.1 Å². The maximum atomic E-state index is 4.55. The molecule has 0 spiro atoms. The lowest BCUT2D eigenvalue weighted by molar-refractivity contribution is 0.800. The Morgan fingerprint density at radius 2 is 1.50 bits per heavy atom. The molecule has 0 amide bonds. The molecule has 0 aliphatic carbocycles. The molecule has 5 nitrogen and oxygen atoms in total. The molecule has 3 aromatic rings. The van der Waals surface area contributed by atoms with Gasteiger partial charge in [-0.25, -0.2) is 14.3 Å². The quantitative estimate of drug-likeness (QED) is 0.698. The van der Waals surface area contributed by atoms with Crippen LogP contribution in [-0.4, -0.2) is 24.5 Å². The van der Waals surface area contributed by atoms with E-state index < -0.39 is 0 Å². The van der Waals surface area contributed by atoms with Crippen LogP contribution in [0.4, 0.5) is 0 Å². The van der Waals surface area contributed by atoms with E-state index >= 15 is 0 Å². The lowest BCUT2D eigenvalue weighted by atomic mass is 10.3. The second kappa shape index (κ2) is 4.73. The van der Waals surface area contributed by atoms with Crippen molar-refractivity contribution in [1.29, 1.82) is 0 Å². The summed E-state index contributed by atoms with van der Waals surface area (Å²) in [6.45, 7) is 0. The Kier molecular flexibility index (Phi) is 2.93. The molecule has 0 radical (unpaired) electrons. The fraction of sp³-hybridized carbons (Fsp3) is 0.0833. The maximum Gasteiger partial charge on any atom is 0.156 e. The molecule has 0 atom stereocenters. The number of pyridine rings is 1. The summed E-state index contributed by atoms with van der Waals surface area (Å²) in [6.07, 6.45) is 7.20. The van der Waals surface area contributed by atoms with Crippen molar-refractivity contribution >= 4 is 15.9 Å². The van der Waals surface area contributed by atoms with Crippen LogP contribution in [0, 0.1) is 0 Å². The van der Waals surface area contributed by atoms with E-state index in [0.29, 0.717) is 0 Å². The summed E-state index contributed by atoms with van der Waals surface area (Å²) in [5.41, 5.74) is 1.13. The minimum absolute atomic E-state index is 0.762. The molecule has 0 bridgehead atoms. The summed E-state index contributed by atoms with van der Waals surface area (Å²) in [5.74, 6) is 1.56. The van der Waals surface area contributed by atoms with Crippen LogP contribution in [0.3, 0.4) is 0 Å². The first-order valence-corrected chi connectivity index (χ1v) is 6.56.